The van der Waals surface area contributed by atoms with Crippen LogP contribution in [-0.2, 0) is 0 Å². The lowest BCUT2D eigenvalue weighted by atomic mass is 10.2. The van der Waals surface area contributed by atoms with Crippen LogP contribution < -0.4 is 5.73 Å². The highest BCUT2D eigenvalue weighted by atomic mass is 79.9. The SMILES string of the molecule is Nc1ncc(-c2cccc(Br)c2F)o1. The number of aromatic nitrogens is 1. The minimum Gasteiger partial charge on any atom is -0.424 e. The molecule has 2 N–H and O–H groups in total. The van der Waals surface area contributed by atoms with Gasteiger partial charge in [-0.1, -0.05) is 6.07 Å². The molecule has 1 aromatic heterocycles. The van der Waals surface area contributed by atoms with Crippen molar-refractivity contribution in [2.45, 2.75) is 0 Å². The van der Waals surface area contributed by atoms with E-state index in [4.69, 9.17) is 10.2 Å². The van der Waals surface area contributed by atoms with Crippen molar-refractivity contribution in [3.05, 3.63) is 34.7 Å². The zero-order valence-corrected chi connectivity index (χ0v) is 8.58. The van der Waals surface area contributed by atoms with Gasteiger partial charge in [0.2, 0.25) is 0 Å². The van der Waals surface area contributed by atoms with Crippen molar-refractivity contribution in [1.82, 2.24) is 4.98 Å². The Hall–Kier alpha value is -1.36. The highest BCUT2D eigenvalue weighted by molar-refractivity contribution is 9.10. The normalized spacial score (nSPS) is 10.4. The fourth-order valence-corrected chi connectivity index (χ4v) is 1.47. The van der Waals surface area contributed by atoms with Gasteiger partial charge in [0, 0.05) is 0 Å². The molecule has 5 heteroatoms. The molecule has 0 spiro atoms. The summed E-state index contributed by atoms with van der Waals surface area (Å²) in [6.07, 6.45) is 1.39. The Morgan fingerprint density at radius 3 is 2.86 bits per heavy atom. The Kier molecular flexibility index (Phi) is 2.25. The molecule has 0 fully saturated rings. The van der Waals surface area contributed by atoms with Crippen LogP contribution in [0.5, 0.6) is 0 Å². The van der Waals surface area contributed by atoms with Crippen LogP contribution in [0.2, 0.25) is 0 Å². The first-order valence-corrected chi connectivity index (χ1v) is 4.63. The number of benzene rings is 1. The first-order valence-electron chi connectivity index (χ1n) is 3.84. The van der Waals surface area contributed by atoms with E-state index in [1.165, 1.54) is 6.20 Å². The molecule has 1 heterocycles. The van der Waals surface area contributed by atoms with Crippen LogP contribution in [0.25, 0.3) is 11.3 Å². The summed E-state index contributed by atoms with van der Waals surface area (Å²) in [6, 6.07) is 4.94. The molecule has 0 atom stereocenters. The van der Waals surface area contributed by atoms with Crippen LogP contribution in [0, 0.1) is 5.82 Å². The highest BCUT2D eigenvalue weighted by Crippen LogP contribution is 2.28. The van der Waals surface area contributed by atoms with Crippen LogP contribution in [0.1, 0.15) is 0 Å². The average molecular weight is 257 g/mol. The van der Waals surface area contributed by atoms with E-state index >= 15 is 0 Å². The lowest BCUT2D eigenvalue weighted by Gasteiger charge is -1.99. The standard InChI is InChI=1S/C9H6BrFN2O/c10-6-3-1-2-5(8(6)11)7-4-13-9(12)14-7/h1-4H,(H2,12,13). The summed E-state index contributed by atoms with van der Waals surface area (Å²) in [5.74, 6) is -0.0649. The predicted octanol–water partition coefficient (Wildman–Crippen LogP) is 2.83. The van der Waals surface area contributed by atoms with E-state index in [0.717, 1.165) is 0 Å². The van der Waals surface area contributed by atoms with Crippen LogP contribution in [0.4, 0.5) is 10.4 Å². The number of hydrogen-bond acceptors (Lipinski definition) is 3. The number of nitrogen functional groups attached to an aromatic ring is 1. The van der Waals surface area contributed by atoms with Gasteiger partial charge in [-0.15, -0.1) is 0 Å². The van der Waals surface area contributed by atoms with Gasteiger partial charge in [-0.05, 0) is 28.1 Å². The van der Waals surface area contributed by atoms with Crippen LogP contribution in [0.3, 0.4) is 0 Å². The quantitative estimate of drug-likeness (QED) is 0.854. The maximum atomic E-state index is 13.5. The van der Waals surface area contributed by atoms with Crippen molar-refractivity contribution < 1.29 is 8.81 Å². The van der Waals surface area contributed by atoms with E-state index in [2.05, 4.69) is 20.9 Å². The van der Waals surface area contributed by atoms with Gasteiger partial charge in [0.1, 0.15) is 5.82 Å². The summed E-state index contributed by atoms with van der Waals surface area (Å²) in [4.78, 5) is 3.69. The Morgan fingerprint density at radius 1 is 1.43 bits per heavy atom. The van der Waals surface area contributed by atoms with E-state index in [0.29, 0.717) is 15.8 Å². The molecule has 0 bridgehead atoms. The average Bonchev–Trinajstić information content (AvgIpc) is 2.57. The third-order valence-corrected chi connectivity index (χ3v) is 2.35. The molecule has 0 radical (unpaired) electrons. The van der Waals surface area contributed by atoms with Crippen LogP contribution >= 0.6 is 15.9 Å². The Balaban J connectivity index is 2.57. The highest BCUT2D eigenvalue weighted by Gasteiger charge is 2.11. The van der Waals surface area contributed by atoms with Crippen LogP contribution in [-0.4, -0.2) is 4.98 Å². The van der Waals surface area contributed by atoms with Gasteiger partial charge < -0.3 is 10.2 Å². The maximum Gasteiger partial charge on any atom is 0.292 e. The van der Waals surface area contributed by atoms with E-state index < -0.39 is 0 Å². The summed E-state index contributed by atoms with van der Waals surface area (Å²) >= 11 is 3.08. The third-order valence-electron chi connectivity index (χ3n) is 1.74. The minimum atomic E-state index is -0.386. The second-order valence-corrected chi connectivity index (χ2v) is 3.52. The smallest absolute Gasteiger partial charge is 0.292 e. The molecule has 0 saturated heterocycles. The zero-order chi connectivity index (χ0) is 10.1. The molecule has 0 aliphatic heterocycles. The van der Waals surface area contributed by atoms with E-state index in [1.54, 1.807) is 18.2 Å². The maximum absolute atomic E-state index is 13.5. The van der Waals surface area contributed by atoms with Crippen molar-refractivity contribution in [3.63, 3.8) is 0 Å². The summed E-state index contributed by atoms with van der Waals surface area (Å²) in [7, 11) is 0. The number of oxazole rings is 1. The number of nitrogens with zero attached hydrogens (tertiary/aromatic N) is 1. The van der Waals surface area contributed by atoms with Crippen molar-refractivity contribution >= 4 is 21.9 Å². The Labute approximate surface area is 87.9 Å². The molecule has 3 nitrogen and oxygen atoms in total. The summed E-state index contributed by atoms with van der Waals surface area (Å²) < 4.78 is 18.9. The third kappa shape index (κ3) is 1.50. The molecule has 14 heavy (non-hydrogen) atoms. The molecular weight excluding hydrogens is 251 g/mol. The van der Waals surface area contributed by atoms with Gasteiger partial charge in [0.05, 0.1) is 16.2 Å². The molecule has 72 valence electrons. The number of halogens is 2. The molecule has 2 rings (SSSR count). The van der Waals surface area contributed by atoms with Crippen molar-refractivity contribution in [1.29, 1.82) is 0 Å². The van der Waals surface area contributed by atoms with Gasteiger partial charge in [-0.2, -0.15) is 0 Å². The lowest BCUT2D eigenvalue weighted by molar-refractivity contribution is 0.578. The van der Waals surface area contributed by atoms with E-state index in [-0.39, 0.29) is 11.8 Å². The fraction of sp³-hybridized carbons (Fsp3) is 0. The Morgan fingerprint density at radius 2 is 2.21 bits per heavy atom. The fourth-order valence-electron chi connectivity index (χ4n) is 1.11. The number of nitrogens with two attached hydrogens (primary N) is 1. The number of anilines is 1. The monoisotopic (exact) mass is 256 g/mol. The van der Waals surface area contributed by atoms with E-state index in [1.807, 2.05) is 0 Å². The molecular formula is C9H6BrFN2O. The first-order chi connectivity index (χ1) is 6.68. The second kappa shape index (κ2) is 3.42. The number of hydrogen-bond donors (Lipinski definition) is 1. The summed E-state index contributed by atoms with van der Waals surface area (Å²) in [5, 5.41) is 0. The summed E-state index contributed by atoms with van der Waals surface area (Å²) in [6.45, 7) is 0. The predicted molar refractivity (Wildman–Crippen MR) is 54.0 cm³/mol. The van der Waals surface area contributed by atoms with Gasteiger partial charge in [0.25, 0.3) is 6.01 Å². The van der Waals surface area contributed by atoms with Gasteiger partial charge in [-0.3, -0.25) is 0 Å². The first kappa shape index (κ1) is 9.21. The molecule has 2 aromatic rings. The Bertz CT molecular complexity index is 470. The van der Waals surface area contributed by atoms with Gasteiger partial charge >= 0.3 is 0 Å². The van der Waals surface area contributed by atoms with Gasteiger partial charge in [-0.25, -0.2) is 9.37 Å². The topological polar surface area (TPSA) is 52.0 Å². The molecule has 0 aliphatic carbocycles. The van der Waals surface area contributed by atoms with Crippen molar-refractivity contribution in [3.8, 4) is 11.3 Å². The minimum absolute atomic E-state index is 0.0272. The van der Waals surface area contributed by atoms with Crippen molar-refractivity contribution in [2.24, 2.45) is 0 Å². The summed E-state index contributed by atoms with van der Waals surface area (Å²) in [5.41, 5.74) is 5.63. The van der Waals surface area contributed by atoms with Gasteiger partial charge in [0.15, 0.2) is 5.76 Å². The molecule has 0 unspecified atom stereocenters. The molecule has 0 aliphatic rings. The molecule has 0 saturated carbocycles. The lowest BCUT2D eigenvalue weighted by Crippen LogP contribution is -1.83. The number of rotatable bonds is 1. The molecule has 1 aromatic carbocycles. The second-order valence-electron chi connectivity index (χ2n) is 2.66. The zero-order valence-electron chi connectivity index (χ0n) is 7.00. The van der Waals surface area contributed by atoms with E-state index in [9.17, 15) is 4.39 Å². The largest absolute Gasteiger partial charge is 0.424 e. The molecule has 0 amide bonds. The van der Waals surface area contributed by atoms with Crippen LogP contribution in [0.15, 0.2) is 33.3 Å². The van der Waals surface area contributed by atoms with Crippen molar-refractivity contribution in [2.75, 3.05) is 5.73 Å².